The van der Waals surface area contributed by atoms with Crippen LogP contribution in [0.2, 0.25) is 0 Å². The number of ketones is 1. The van der Waals surface area contributed by atoms with E-state index in [1.54, 1.807) is 23.2 Å². The molecule has 0 unspecified atom stereocenters. The first kappa shape index (κ1) is 26.0. The standard InChI is InChI=1S/C27H36N4O4S2/c1-16(32)22-18-8-7-9-20(18)36-23(22)29-25(33)28-14-19-17-10-13-31(26(34)35-27(2,3)4)15-21(17)37-24(19)30-11-5-6-12-30/h5-15H2,1-4H3,(H2,28,29,33). The number of aryl methyl sites for hydroxylation is 1. The number of nitrogens with one attached hydrogen (secondary N) is 2. The van der Waals surface area contributed by atoms with Crippen LogP contribution in [-0.4, -0.2) is 48.0 Å². The number of urea groups is 1. The minimum absolute atomic E-state index is 0.00691. The van der Waals surface area contributed by atoms with E-state index in [0.29, 0.717) is 30.2 Å². The van der Waals surface area contributed by atoms with E-state index in [-0.39, 0.29) is 17.9 Å². The number of carbonyl (C=O) groups is 3. The van der Waals surface area contributed by atoms with Crippen molar-refractivity contribution in [1.82, 2.24) is 10.2 Å². The molecule has 0 aromatic carbocycles. The lowest BCUT2D eigenvalue weighted by atomic mass is 10.0. The number of thiophene rings is 2. The molecule has 1 aliphatic carbocycles. The number of hydrogen-bond acceptors (Lipinski definition) is 7. The van der Waals surface area contributed by atoms with Crippen LogP contribution in [0.5, 0.6) is 0 Å². The van der Waals surface area contributed by atoms with Gasteiger partial charge in [0, 0.05) is 41.5 Å². The topological polar surface area (TPSA) is 91.0 Å². The smallest absolute Gasteiger partial charge is 0.410 e. The third-order valence-corrected chi connectivity index (χ3v) is 9.64. The summed E-state index contributed by atoms with van der Waals surface area (Å²) < 4.78 is 5.61. The zero-order valence-electron chi connectivity index (χ0n) is 22.1. The molecule has 3 amide bonds. The van der Waals surface area contributed by atoms with Gasteiger partial charge in [0.25, 0.3) is 0 Å². The first-order valence-corrected chi connectivity index (χ1v) is 14.8. The summed E-state index contributed by atoms with van der Waals surface area (Å²) in [4.78, 5) is 44.6. The van der Waals surface area contributed by atoms with Gasteiger partial charge >= 0.3 is 12.1 Å². The SMILES string of the molecule is CC(=O)c1c(NC(=O)NCc2c(N3CCCC3)sc3c2CCN(C(=O)OC(C)(C)C)C3)sc2c1CCC2. The normalized spacial score (nSPS) is 17.0. The van der Waals surface area contributed by atoms with E-state index in [1.165, 1.54) is 31.7 Å². The van der Waals surface area contributed by atoms with Crippen molar-refractivity contribution in [2.45, 2.75) is 84.9 Å². The summed E-state index contributed by atoms with van der Waals surface area (Å²) in [5, 5.41) is 7.89. The Hall–Kier alpha value is -2.59. The van der Waals surface area contributed by atoms with Crippen LogP contribution in [0.3, 0.4) is 0 Å². The Morgan fingerprint density at radius 1 is 0.946 bits per heavy atom. The van der Waals surface area contributed by atoms with Crippen LogP contribution in [0.15, 0.2) is 0 Å². The van der Waals surface area contributed by atoms with Crippen LogP contribution >= 0.6 is 22.7 Å². The third-order valence-electron chi connectivity index (χ3n) is 7.12. The van der Waals surface area contributed by atoms with E-state index in [9.17, 15) is 14.4 Å². The molecule has 1 fully saturated rings. The van der Waals surface area contributed by atoms with Crippen molar-refractivity contribution < 1.29 is 19.1 Å². The summed E-state index contributed by atoms with van der Waals surface area (Å²) in [6.07, 6.45) is 5.74. The highest BCUT2D eigenvalue weighted by Crippen LogP contribution is 2.41. The molecule has 2 N–H and O–H groups in total. The molecule has 1 saturated heterocycles. The second-order valence-electron chi connectivity index (χ2n) is 11.1. The summed E-state index contributed by atoms with van der Waals surface area (Å²) in [7, 11) is 0. The minimum atomic E-state index is -0.527. The molecule has 10 heteroatoms. The molecule has 37 heavy (non-hydrogen) atoms. The Kier molecular flexibility index (Phi) is 7.24. The molecule has 0 radical (unpaired) electrons. The van der Waals surface area contributed by atoms with Crippen molar-refractivity contribution in [2.24, 2.45) is 0 Å². The molecule has 0 saturated carbocycles. The van der Waals surface area contributed by atoms with E-state index < -0.39 is 5.60 Å². The van der Waals surface area contributed by atoms with Crippen molar-refractivity contribution in [3.63, 3.8) is 0 Å². The van der Waals surface area contributed by atoms with Crippen molar-refractivity contribution in [3.8, 4) is 0 Å². The fourth-order valence-electron chi connectivity index (χ4n) is 5.48. The Morgan fingerprint density at radius 3 is 2.41 bits per heavy atom. The maximum absolute atomic E-state index is 13.0. The van der Waals surface area contributed by atoms with Crippen LogP contribution in [0, 0.1) is 0 Å². The van der Waals surface area contributed by atoms with Crippen molar-refractivity contribution in [3.05, 3.63) is 32.0 Å². The molecule has 0 bridgehead atoms. The summed E-state index contributed by atoms with van der Waals surface area (Å²) in [6.45, 7) is 10.8. The zero-order chi connectivity index (χ0) is 26.3. The lowest BCUT2D eigenvalue weighted by molar-refractivity contribution is 0.0226. The molecular weight excluding hydrogens is 508 g/mol. The highest BCUT2D eigenvalue weighted by atomic mass is 32.1. The molecule has 2 aromatic rings. The molecular formula is C27H36N4O4S2. The van der Waals surface area contributed by atoms with E-state index in [4.69, 9.17) is 4.74 Å². The highest BCUT2D eigenvalue weighted by Gasteiger charge is 2.32. The lowest BCUT2D eigenvalue weighted by Gasteiger charge is -2.30. The zero-order valence-corrected chi connectivity index (χ0v) is 23.8. The number of fused-ring (bicyclic) bond motifs is 2. The number of hydrogen-bond donors (Lipinski definition) is 2. The number of rotatable bonds is 5. The monoisotopic (exact) mass is 544 g/mol. The van der Waals surface area contributed by atoms with Crippen molar-refractivity contribution in [1.29, 1.82) is 0 Å². The summed E-state index contributed by atoms with van der Waals surface area (Å²) in [6, 6.07) is -0.291. The second-order valence-corrected chi connectivity index (χ2v) is 13.2. The Labute approximate surface area is 226 Å². The molecule has 8 nitrogen and oxygen atoms in total. The van der Waals surface area contributed by atoms with E-state index in [2.05, 4.69) is 15.5 Å². The summed E-state index contributed by atoms with van der Waals surface area (Å²) in [5.74, 6) is 0.00691. The predicted octanol–water partition coefficient (Wildman–Crippen LogP) is 5.72. The van der Waals surface area contributed by atoms with Crippen LogP contribution in [0.25, 0.3) is 0 Å². The van der Waals surface area contributed by atoms with Crippen molar-refractivity contribution in [2.75, 3.05) is 29.9 Å². The number of nitrogens with zero attached hydrogens (tertiary/aromatic N) is 2. The largest absolute Gasteiger partial charge is 0.444 e. The molecule has 0 spiro atoms. The summed E-state index contributed by atoms with van der Waals surface area (Å²) in [5.41, 5.74) is 3.67. The maximum atomic E-state index is 13.0. The van der Waals surface area contributed by atoms with Gasteiger partial charge in [-0.3, -0.25) is 10.1 Å². The average molecular weight is 545 g/mol. The van der Waals surface area contributed by atoms with Gasteiger partial charge in [0.2, 0.25) is 0 Å². The van der Waals surface area contributed by atoms with Gasteiger partial charge in [-0.2, -0.15) is 0 Å². The second kappa shape index (κ2) is 10.3. The van der Waals surface area contributed by atoms with Gasteiger partial charge in [0.05, 0.1) is 17.1 Å². The molecule has 4 heterocycles. The Bertz CT molecular complexity index is 1220. The Balaban J connectivity index is 1.32. The summed E-state index contributed by atoms with van der Waals surface area (Å²) >= 11 is 3.27. The van der Waals surface area contributed by atoms with Gasteiger partial charge in [-0.05, 0) is 77.3 Å². The molecule has 5 rings (SSSR count). The van der Waals surface area contributed by atoms with Gasteiger partial charge in [0.15, 0.2) is 5.78 Å². The molecule has 0 atom stereocenters. The number of amides is 3. The molecule has 200 valence electrons. The van der Waals surface area contributed by atoms with E-state index >= 15 is 0 Å². The number of ether oxygens (including phenoxy) is 1. The number of anilines is 2. The fourth-order valence-corrected chi connectivity index (χ4v) is 8.24. The van der Waals surface area contributed by atoms with Crippen molar-refractivity contribution >= 4 is 50.6 Å². The van der Waals surface area contributed by atoms with Crippen LogP contribution in [0.4, 0.5) is 19.6 Å². The third kappa shape index (κ3) is 5.50. The highest BCUT2D eigenvalue weighted by molar-refractivity contribution is 7.17. The maximum Gasteiger partial charge on any atom is 0.410 e. The van der Waals surface area contributed by atoms with E-state index in [1.807, 2.05) is 20.8 Å². The molecule has 2 aromatic heterocycles. The van der Waals surface area contributed by atoms with Gasteiger partial charge in [-0.15, -0.1) is 22.7 Å². The van der Waals surface area contributed by atoms with Gasteiger partial charge in [0.1, 0.15) is 10.6 Å². The van der Waals surface area contributed by atoms with Gasteiger partial charge in [-0.25, -0.2) is 9.59 Å². The first-order valence-electron chi connectivity index (χ1n) is 13.2. The van der Waals surface area contributed by atoms with Crippen LogP contribution in [0.1, 0.15) is 83.8 Å². The average Bonchev–Trinajstić information content (AvgIpc) is 3.59. The molecule has 2 aliphatic heterocycles. The predicted molar refractivity (Wildman–Crippen MR) is 148 cm³/mol. The minimum Gasteiger partial charge on any atom is -0.444 e. The van der Waals surface area contributed by atoms with Crippen LogP contribution in [-0.2, 0) is 37.1 Å². The lowest BCUT2D eigenvalue weighted by Crippen LogP contribution is -2.39. The number of Topliss-reactive ketones (excluding diaryl/α,β-unsaturated/α-hetero) is 1. The Morgan fingerprint density at radius 2 is 1.70 bits per heavy atom. The van der Waals surface area contributed by atoms with Gasteiger partial charge in [-0.1, -0.05) is 0 Å². The van der Waals surface area contributed by atoms with Gasteiger partial charge < -0.3 is 19.9 Å². The quantitative estimate of drug-likeness (QED) is 0.470. The molecule has 3 aliphatic rings. The van der Waals surface area contributed by atoms with Crippen LogP contribution < -0.4 is 15.5 Å². The fraction of sp³-hybridized carbons (Fsp3) is 0.593. The van der Waals surface area contributed by atoms with E-state index in [0.717, 1.165) is 62.7 Å². The number of carbonyl (C=O) groups excluding carboxylic acids is 3. The first-order chi connectivity index (χ1) is 17.6.